The van der Waals surface area contributed by atoms with Crippen molar-refractivity contribution in [2.24, 2.45) is 5.92 Å². The highest BCUT2D eigenvalue weighted by molar-refractivity contribution is 9.10. The molecular weight excluding hydrogens is 278 g/mol. The van der Waals surface area contributed by atoms with E-state index >= 15 is 0 Å². The summed E-state index contributed by atoms with van der Waals surface area (Å²) in [5, 5.41) is 9.02. The van der Waals surface area contributed by atoms with Gasteiger partial charge in [0, 0.05) is 16.8 Å². The summed E-state index contributed by atoms with van der Waals surface area (Å²) in [7, 11) is 0. The molecular formula is C12H13BrF2O. The van der Waals surface area contributed by atoms with Crippen LogP contribution in [-0.2, 0) is 13.0 Å². The van der Waals surface area contributed by atoms with Crippen molar-refractivity contribution in [2.45, 2.75) is 31.8 Å². The lowest BCUT2D eigenvalue weighted by molar-refractivity contribution is 0.0971. The van der Waals surface area contributed by atoms with Crippen molar-refractivity contribution < 1.29 is 13.9 Å². The van der Waals surface area contributed by atoms with Gasteiger partial charge < -0.3 is 5.11 Å². The molecule has 0 radical (unpaired) electrons. The fourth-order valence-electron chi connectivity index (χ4n) is 1.88. The van der Waals surface area contributed by atoms with E-state index in [1.807, 2.05) is 18.2 Å². The number of halogens is 3. The van der Waals surface area contributed by atoms with Crippen LogP contribution in [0.2, 0.25) is 0 Å². The Morgan fingerprint density at radius 3 is 2.50 bits per heavy atom. The van der Waals surface area contributed by atoms with Gasteiger partial charge in [-0.1, -0.05) is 22.0 Å². The summed E-state index contributed by atoms with van der Waals surface area (Å²) in [5.41, 5.74) is 1.81. The largest absolute Gasteiger partial charge is 0.392 e. The average molecular weight is 291 g/mol. The van der Waals surface area contributed by atoms with E-state index in [0.717, 1.165) is 15.6 Å². The number of rotatable bonds is 4. The predicted octanol–water partition coefficient (Wildman–Crippen LogP) is 3.53. The van der Waals surface area contributed by atoms with E-state index in [4.69, 9.17) is 5.11 Å². The van der Waals surface area contributed by atoms with Gasteiger partial charge in [-0.25, -0.2) is 8.78 Å². The number of hydrogen-bond acceptors (Lipinski definition) is 1. The number of aliphatic hydroxyl groups is 1. The predicted molar refractivity (Wildman–Crippen MR) is 61.4 cm³/mol. The summed E-state index contributed by atoms with van der Waals surface area (Å²) in [6.45, 7) is -0.0218. The Labute approximate surface area is 102 Å². The zero-order valence-corrected chi connectivity index (χ0v) is 10.3. The van der Waals surface area contributed by atoms with Crippen LogP contribution in [0, 0.1) is 5.92 Å². The number of aryl methyl sites for hydroxylation is 1. The second-order valence-electron chi connectivity index (χ2n) is 4.33. The lowest BCUT2D eigenvalue weighted by Gasteiger charge is -2.05. The van der Waals surface area contributed by atoms with Gasteiger partial charge in [0.15, 0.2) is 0 Å². The lowest BCUT2D eigenvalue weighted by Crippen LogP contribution is -1.96. The fraction of sp³-hybridized carbons (Fsp3) is 0.500. The first-order chi connectivity index (χ1) is 7.51. The van der Waals surface area contributed by atoms with Crippen LogP contribution in [0.1, 0.15) is 24.0 Å². The van der Waals surface area contributed by atoms with Gasteiger partial charge in [-0.15, -0.1) is 0 Å². The van der Waals surface area contributed by atoms with Crippen molar-refractivity contribution in [3.05, 3.63) is 33.8 Å². The van der Waals surface area contributed by atoms with Gasteiger partial charge in [-0.3, -0.25) is 0 Å². The van der Waals surface area contributed by atoms with E-state index in [1.54, 1.807) is 0 Å². The van der Waals surface area contributed by atoms with Crippen molar-refractivity contribution in [1.29, 1.82) is 0 Å². The monoisotopic (exact) mass is 290 g/mol. The molecule has 0 bridgehead atoms. The van der Waals surface area contributed by atoms with Crippen LogP contribution < -0.4 is 0 Å². The van der Waals surface area contributed by atoms with Crippen LogP contribution >= 0.6 is 15.9 Å². The van der Waals surface area contributed by atoms with Crippen molar-refractivity contribution in [3.63, 3.8) is 0 Å². The van der Waals surface area contributed by atoms with Crippen molar-refractivity contribution in [1.82, 2.24) is 0 Å². The van der Waals surface area contributed by atoms with Crippen molar-refractivity contribution in [3.8, 4) is 0 Å². The third-order valence-electron chi connectivity index (χ3n) is 2.94. The second kappa shape index (κ2) is 4.41. The summed E-state index contributed by atoms with van der Waals surface area (Å²) < 4.78 is 26.2. The average Bonchev–Trinajstić information content (AvgIpc) is 2.83. The molecule has 1 atom stereocenters. The molecule has 1 aromatic carbocycles. The van der Waals surface area contributed by atoms with Gasteiger partial charge in [-0.2, -0.15) is 0 Å². The molecule has 1 aliphatic carbocycles. The minimum Gasteiger partial charge on any atom is -0.392 e. The number of alkyl halides is 2. The summed E-state index contributed by atoms with van der Waals surface area (Å²) in [6, 6.07) is 5.61. The number of benzene rings is 1. The Morgan fingerprint density at radius 2 is 1.94 bits per heavy atom. The standard InChI is InChI=1S/C12H13BrF2O/c13-11-4-8(3-9(5-11)7-16)1-2-10-6-12(10,14)15/h3-5,10,16H,1-2,6-7H2. The van der Waals surface area contributed by atoms with Gasteiger partial charge in [0.25, 0.3) is 5.92 Å². The normalized spacial score (nSPS) is 22.1. The molecule has 0 aliphatic heterocycles. The minimum absolute atomic E-state index is 0.0218. The molecule has 2 rings (SSSR count). The first kappa shape index (κ1) is 12.0. The van der Waals surface area contributed by atoms with E-state index < -0.39 is 11.8 Å². The van der Waals surface area contributed by atoms with E-state index in [-0.39, 0.29) is 13.0 Å². The number of aliphatic hydroxyl groups excluding tert-OH is 1. The highest BCUT2D eigenvalue weighted by atomic mass is 79.9. The van der Waals surface area contributed by atoms with E-state index in [0.29, 0.717) is 12.8 Å². The Balaban J connectivity index is 1.96. The second-order valence-corrected chi connectivity index (χ2v) is 5.24. The quantitative estimate of drug-likeness (QED) is 0.899. The molecule has 1 nitrogen and oxygen atoms in total. The molecule has 1 aliphatic rings. The summed E-state index contributed by atoms with van der Waals surface area (Å²) in [5.74, 6) is -2.87. The van der Waals surface area contributed by atoms with Gasteiger partial charge >= 0.3 is 0 Å². The summed E-state index contributed by atoms with van der Waals surface area (Å²) in [6.07, 6.45) is 1.20. The van der Waals surface area contributed by atoms with Gasteiger partial charge in [0.1, 0.15) is 0 Å². The molecule has 1 N–H and O–H groups in total. The van der Waals surface area contributed by atoms with Gasteiger partial charge in [0.05, 0.1) is 6.61 Å². The van der Waals surface area contributed by atoms with E-state index in [2.05, 4.69) is 15.9 Å². The SMILES string of the molecule is OCc1cc(Br)cc(CCC2CC2(F)F)c1. The molecule has 88 valence electrons. The van der Waals surface area contributed by atoms with Crippen molar-refractivity contribution in [2.75, 3.05) is 0 Å². The fourth-order valence-corrected chi connectivity index (χ4v) is 2.46. The zero-order chi connectivity index (χ0) is 11.8. The molecule has 16 heavy (non-hydrogen) atoms. The maximum Gasteiger partial charge on any atom is 0.251 e. The Bertz CT molecular complexity index is 393. The first-order valence-electron chi connectivity index (χ1n) is 5.28. The molecule has 1 unspecified atom stereocenters. The number of hydrogen-bond donors (Lipinski definition) is 1. The maximum absolute atomic E-state index is 12.7. The highest BCUT2D eigenvalue weighted by Gasteiger charge is 2.55. The summed E-state index contributed by atoms with van der Waals surface area (Å²) >= 11 is 3.34. The van der Waals surface area contributed by atoms with Gasteiger partial charge in [0.2, 0.25) is 0 Å². The van der Waals surface area contributed by atoms with Crippen LogP contribution in [-0.4, -0.2) is 11.0 Å². The molecule has 0 aromatic heterocycles. The van der Waals surface area contributed by atoms with Gasteiger partial charge in [-0.05, 0) is 36.1 Å². The molecule has 1 aromatic rings. The molecule has 0 saturated heterocycles. The van der Waals surface area contributed by atoms with Crippen molar-refractivity contribution >= 4 is 15.9 Å². The Hall–Kier alpha value is -0.480. The van der Waals surface area contributed by atoms with Crippen LogP contribution in [0.15, 0.2) is 22.7 Å². The van der Waals surface area contributed by atoms with Crippen LogP contribution in [0.4, 0.5) is 8.78 Å². The molecule has 0 spiro atoms. The van der Waals surface area contributed by atoms with Crippen LogP contribution in [0.3, 0.4) is 0 Å². The molecule has 1 saturated carbocycles. The smallest absolute Gasteiger partial charge is 0.251 e. The van der Waals surface area contributed by atoms with E-state index in [9.17, 15) is 8.78 Å². The third-order valence-corrected chi connectivity index (χ3v) is 3.39. The van der Waals surface area contributed by atoms with Crippen LogP contribution in [0.25, 0.3) is 0 Å². The van der Waals surface area contributed by atoms with Crippen LogP contribution in [0.5, 0.6) is 0 Å². The minimum atomic E-state index is -2.42. The highest BCUT2D eigenvalue weighted by Crippen LogP contribution is 2.51. The molecule has 0 amide bonds. The summed E-state index contributed by atoms with van der Waals surface area (Å²) in [4.78, 5) is 0. The molecule has 4 heteroatoms. The Morgan fingerprint density at radius 1 is 1.31 bits per heavy atom. The first-order valence-corrected chi connectivity index (χ1v) is 6.07. The third kappa shape index (κ3) is 2.80. The Kier molecular flexibility index (Phi) is 3.31. The molecule has 0 heterocycles. The lowest BCUT2D eigenvalue weighted by atomic mass is 10.0. The topological polar surface area (TPSA) is 20.2 Å². The maximum atomic E-state index is 12.7. The van der Waals surface area contributed by atoms with E-state index in [1.165, 1.54) is 0 Å². The zero-order valence-electron chi connectivity index (χ0n) is 8.72. The molecule has 1 fully saturated rings.